The number of nitrogens with zero attached hydrogens (tertiary/aromatic N) is 3. The minimum Gasteiger partial charge on any atom is -0.497 e. The van der Waals surface area contributed by atoms with Crippen LogP contribution >= 0.6 is 11.8 Å². The molecule has 2 aliphatic rings. The highest BCUT2D eigenvalue weighted by Gasteiger charge is 2.39. The zero-order chi connectivity index (χ0) is 27.4. The van der Waals surface area contributed by atoms with Gasteiger partial charge in [0.25, 0.3) is 5.91 Å². The SMILES string of the molecule is COc1ccc(C2=NN(C3=NC(=O)C(CC(=O)Nc4ccc(OC)c(OC)c4)S3)C(c3ccccc3)C2)cc1. The topological polar surface area (TPSA) is 102 Å². The van der Waals surface area contributed by atoms with Gasteiger partial charge in [0.05, 0.1) is 33.1 Å². The van der Waals surface area contributed by atoms with Gasteiger partial charge in [-0.3, -0.25) is 9.59 Å². The molecule has 10 heteroatoms. The van der Waals surface area contributed by atoms with Crippen LogP contribution in [0.3, 0.4) is 0 Å². The van der Waals surface area contributed by atoms with Crippen LogP contribution in [0, 0.1) is 0 Å². The third-order valence-corrected chi connectivity index (χ3v) is 7.62. The first-order chi connectivity index (χ1) is 19.0. The highest BCUT2D eigenvalue weighted by molar-refractivity contribution is 8.15. The fraction of sp³-hybridized carbons (Fsp3) is 0.241. The van der Waals surface area contributed by atoms with Crippen molar-refractivity contribution >= 4 is 40.1 Å². The number of methoxy groups -OCH3 is 3. The molecule has 2 amide bonds. The van der Waals surface area contributed by atoms with Crippen molar-refractivity contribution in [2.75, 3.05) is 26.6 Å². The van der Waals surface area contributed by atoms with Gasteiger partial charge in [0.1, 0.15) is 11.0 Å². The van der Waals surface area contributed by atoms with E-state index in [1.807, 2.05) is 59.6 Å². The molecule has 2 unspecified atom stereocenters. The van der Waals surface area contributed by atoms with Crippen molar-refractivity contribution in [3.63, 3.8) is 0 Å². The minimum absolute atomic E-state index is 0.0241. The molecule has 0 aromatic heterocycles. The van der Waals surface area contributed by atoms with Crippen LogP contribution in [0.4, 0.5) is 5.69 Å². The van der Waals surface area contributed by atoms with Gasteiger partial charge < -0.3 is 19.5 Å². The lowest BCUT2D eigenvalue weighted by molar-refractivity contribution is -0.121. The first kappa shape index (κ1) is 26.3. The van der Waals surface area contributed by atoms with E-state index in [2.05, 4.69) is 10.3 Å². The smallest absolute Gasteiger partial charge is 0.262 e. The second-order valence-electron chi connectivity index (χ2n) is 8.91. The van der Waals surface area contributed by atoms with Gasteiger partial charge in [0, 0.05) is 24.6 Å². The maximum atomic E-state index is 12.9. The highest BCUT2D eigenvalue weighted by Crippen LogP contribution is 2.39. The number of rotatable bonds is 8. The molecule has 3 aromatic carbocycles. The number of anilines is 1. The number of amidine groups is 1. The van der Waals surface area contributed by atoms with Crippen LogP contribution in [0.15, 0.2) is 82.9 Å². The average molecular weight is 545 g/mol. The summed E-state index contributed by atoms with van der Waals surface area (Å²) in [5, 5.41) is 9.37. The summed E-state index contributed by atoms with van der Waals surface area (Å²) in [5.41, 5.74) is 3.47. The molecule has 0 aliphatic carbocycles. The van der Waals surface area contributed by atoms with E-state index in [4.69, 9.17) is 19.3 Å². The predicted octanol–water partition coefficient (Wildman–Crippen LogP) is 4.89. The van der Waals surface area contributed by atoms with Gasteiger partial charge in [0.15, 0.2) is 16.7 Å². The maximum Gasteiger partial charge on any atom is 0.262 e. The van der Waals surface area contributed by atoms with E-state index in [-0.39, 0.29) is 24.3 Å². The Hall–Kier alpha value is -4.31. The quantitative estimate of drug-likeness (QED) is 0.431. The summed E-state index contributed by atoms with van der Waals surface area (Å²) in [7, 11) is 4.70. The molecule has 39 heavy (non-hydrogen) atoms. The molecular weight excluding hydrogens is 516 g/mol. The third kappa shape index (κ3) is 5.75. The normalized spacial score (nSPS) is 18.4. The molecule has 0 bridgehead atoms. The Morgan fingerprint density at radius 1 is 0.974 bits per heavy atom. The second-order valence-corrected chi connectivity index (χ2v) is 10.1. The number of ether oxygens (including phenoxy) is 3. The van der Waals surface area contributed by atoms with Crippen molar-refractivity contribution in [2.24, 2.45) is 10.1 Å². The summed E-state index contributed by atoms with van der Waals surface area (Å²) >= 11 is 1.26. The zero-order valence-electron chi connectivity index (χ0n) is 21.8. The Morgan fingerprint density at radius 2 is 1.72 bits per heavy atom. The molecule has 0 radical (unpaired) electrons. The highest BCUT2D eigenvalue weighted by atomic mass is 32.2. The summed E-state index contributed by atoms with van der Waals surface area (Å²) in [6.07, 6.45) is 0.623. The number of carbonyl (C=O) groups excluding carboxylic acids is 2. The van der Waals surface area contributed by atoms with Crippen molar-refractivity contribution in [3.8, 4) is 17.2 Å². The van der Waals surface area contributed by atoms with Crippen LogP contribution in [0.1, 0.15) is 30.0 Å². The summed E-state index contributed by atoms with van der Waals surface area (Å²) < 4.78 is 15.8. The Labute approximate surface area is 230 Å². The molecule has 0 spiro atoms. The summed E-state index contributed by atoms with van der Waals surface area (Å²) in [6, 6.07) is 22.7. The van der Waals surface area contributed by atoms with Crippen molar-refractivity contribution in [1.29, 1.82) is 0 Å². The van der Waals surface area contributed by atoms with Crippen molar-refractivity contribution in [3.05, 3.63) is 83.9 Å². The van der Waals surface area contributed by atoms with Gasteiger partial charge in [-0.25, -0.2) is 5.01 Å². The monoisotopic (exact) mass is 544 g/mol. The lowest BCUT2D eigenvalue weighted by Gasteiger charge is -2.23. The number of nitrogens with one attached hydrogen (secondary N) is 1. The Balaban J connectivity index is 1.31. The molecule has 200 valence electrons. The van der Waals surface area contributed by atoms with Crippen molar-refractivity contribution in [1.82, 2.24) is 5.01 Å². The molecule has 3 aromatic rings. The Bertz CT molecular complexity index is 1430. The first-order valence-corrected chi connectivity index (χ1v) is 13.2. The molecule has 0 saturated heterocycles. The number of aliphatic imine (C=N–C) groups is 1. The molecule has 1 N–H and O–H groups in total. The van der Waals surface area contributed by atoms with Gasteiger partial charge in [-0.15, -0.1) is 0 Å². The lowest BCUT2D eigenvalue weighted by Crippen LogP contribution is -2.25. The van der Waals surface area contributed by atoms with Gasteiger partial charge in [-0.1, -0.05) is 42.1 Å². The lowest BCUT2D eigenvalue weighted by atomic mass is 9.98. The minimum atomic E-state index is -0.642. The number of hydrogen-bond donors (Lipinski definition) is 1. The van der Waals surface area contributed by atoms with E-state index in [9.17, 15) is 9.59 Å². The molecule has 9 nitrogen and oxygen atoms in total. The number of carbonyl (C=O) groups is 2. The predicted molar refractivity (Wildman–Crippen MR) is 152 cm³/mol. The van der Waals surface area contributed by atoms with E-state index in [1.165, 1.54) is 18.9 Å². The zero-order valence-corrected chi connectivity index (χ0v) is 22.6. The summed E-state index contributed by atoms with van der Waals surface area (Å²) in [4.78, 5) is 30.0. The van der Waals surface area contributed by atoms with Gasteiger partial charge in [-0.05, 0) is 47.5 Å². The standard InChI is InChI=1S/C29H28N4O5S/c1-36-21-12-9-18(10-13-21)22-16-23(19-7-5-4-6-8-19)33(32-22)29-31-28(35)26(39-29)17-27(34)30-20-11-14-24(37-2)25(15-20)38-3/h4-15,23,26H,16-17H2,1-3H3,(H,30,34). The molecule has 5 rings (SSSR count). The average Bonchev–Trinajstić information content (AvgIpc) is 3.57. The third-order valence-electron chi connectivity index (χ3n) is 6.48. The van der Waals surface area contributed by atoms with E-state index < -0.39 is 5.25 Å². The number of thioether (sulfide) groups is 1. The van der Waals surface area contributed by atoms with E-state index in [0.29, 0.717) is 28.8 Å². The van der Waals surface area contributed by atoms with Crippen LogP contribution in [0.5, 0.6) is 17.2 Å². The van der Waals surface area contributed by atoms with Crippen LogP contribution in [0.25, 0.3) is 0 Å². The molecule has 2 heterocycles. The summed E-state index contributed by atoms with van der Waals surface area (Å²) in [5.74, 6) is 1.18. The number of hydrazone groups is 1. The van der Waals surface area contributed by atoms with E-state index in [0.717, 1.165) is 22.6 Å². The molecule has 0 saturated carbocycles. The first-order valence-electron chi connectivity index (χ1n) is 12.4. The molecule has 0 fully saturated rings. The van der Waals surface area contributed by atoms with Crippen LogP contribution < -0.4 is 19.5 Å². The fourth-order valence-electron chi connectivity index (χ4n) is 4.48. The Kier molecular flexibility index (Phi) is 7.83. The van der Waals surface area contributed by atoms with Crippen LogP contribution in [-0.4, -0.2) is 54.3 Å². The van der Waals surface area contributed by atoms with Crippen molar-refractivity contribution < 1.29 is 23.8 Å². The largest absolute Gasteiger partial charge is 0.497 e. The second kappa shape index (κ2) is 11.6. The summed E-state index contributed by atoms with van der Waals surface area (Å²) in [6.45, 7) is 0. The number of amides is 2. The van der Waals surface area contributed by atoms with E-state index >= 15 is 0 Å². The number of benzene rings is 3. The van der Waals surface area contributed by atoms with Crippen LogP contribution in [-0.2, 0) is 9.59 Å². The molecule has 2 atom stereocenters. The van der Waals surface area contributed by atoms with Crippen molar-refractivity contribution in [2.45, 2.75) is 24.1 Å². The molecular formula is C29H28N4O5S. The van der Waals surface area contributed by atoms with Gasteiger partial charge >= 0.3 is 0 Å². The van der Waals surface area contributed by atoms with Crippen LogP contribution in [0.2, 0.25) is 0 Å². The van der Waals surface area contributed by atoms with Gasteiger partial charge in [0.2, 0.25) is 5.91 Å². The maximum absolute atomic E-state index is 12.9. The van der Waals surface area contributed by atoms with Gasteiger partial charge in [-0.2, -0.15) is 10.1 Å². The van der Waals surface area contributed by atoms with E-state index in [1.54, 1.807) is 32.4 Å². The molecule has 2 aliphatic heterocycles. The fourth-order valence-corrected chi connectivity index (χ4v) is 5.54. The number of hydrogen-bond acceptors (Lipinski definition) is 8. The Morgan fingerprint density at radius 3 is 2.41 bits per heavy atom.